The molecule has 0 aromatic heterocycles. The van der Waals surface area contributed by atoms with Gasteiger partial charge in [-0.15, -0.1) is 6.58 Å². The average molecular weight is 431 g/mol. The summed E-state index contributed by atoms with van der Waals surface area (Å²) in [6.07, 6.45) is 2.53. The molecule has 0 bridgehead atoms. The van der Waals surface area contributed by atoms with E-state index in [0.717, 1.165) is 5.56 Å². The van der Waals surface area contributed by atoms with Gasteiger partial charge in [0.15, 0.2) is 0 Å². The minimum Gasteiger partial charge on any atom is -0.481 e. The molecule has 2 N–H and O–H groups in total. The smallest absolute Gasteiger partial charge is 0.407 e. The molecule has 1 heterocycles. The number of benzene rings is 1. The van der Waals surface area contributed by atoms with Crippen molar-refractivity contribution in [2.45, 2.75) is 38.6 Å². The minimum absolute atomic E-state index is 0.0291. The molecule has 1 aliphatic heterocycles. The quantitative estimate of drug-likeness (QED) is 0.370. The molecular formula is C23H29NO7. The molecule has 1 aromatic carbocycles. The van der Waals surface area contributed by atoms with Gasteiger partial charge in [-0.2, -0.15) is 0 Å². The summed E-state index contributed by atoms with van der Waals surface area (Å²) in [5.41, 5.74) is 0.239. The number of hydrogen-bond acceptors (Lipinski definition) is 6. The molecule has 2 rings (SSSR count). The summed E-state index contributed by atoms with van der Waals surface area (Å²) in [4.78, 5) is 36.2. The number of esters is 1. The summed E-state index contributed by atoms with van der Waals surface area (Å²) in [5.74, 6) is -4.07. The highest BCUT2D eigenvalue weighted by molar-refractivity contribution is 5.83. The van der Waals surface area contributed by atoms with Crippen molar-refractivity contribution in [3.8, 4) is 0 Å². The van der Waals surface area contributed by atoms with Gasteiger partial charge in [-0.05, 0) is 26.3 Å². The number of carboxylic acid groups (broad SMARTS) is 1. The van der Waals surface area contributed by atoms with Crippen LogP contribution >= 0.6 is 0 Å². The highest BCUT2D eigenvalue weighted by Gasteiger charge is 2.51. The third kappa shape index (κ3) is 7.25. The van der Waals surface area contributed by atoms with Crippen molar-refractivity contribution < 1.29 is 33.7 Å². The maximum Gasteiger partial charge on any atom is 0.407 e. The first kappa shape index (κ1) is 24.1. The van der Waals surface area contributed by atoms with Crippen LogP contribution in [0.25, 0.3) is 6.08 Å². The zero-order valence-electron chi connectivity index (χ0n) is 17.9. The number of nitrogens with one attached hydrogen (secondary N) is 1. The van der Waals surface area contributed by atoms with E-state index in [9.17, 15) is 19.5 Å². The predicted octanol–water partition coefficient (Wildman–Crippen LogP) is 3.04. The fourth-order valence-corrected chi connectivity index (χ4v) is 3.19. The lowest BCUT2D eigenvalue weighted by molar-refractivity contribution is -0.156. The second-order valence-electron chi connectivity index (χ2n) is 8.06. The van der Waals surface area contributed by atoms with Crippen LogP contribution in [0.2, 0.25) is 0 Å². The van der Waals surface area contributed by atoms with Crippen LogP contribution in [-0.4, -0.2) is 54.1 Å². The van der Waals surface area contributed by atoms with E-state index in [0.29, 0.717) is 0 Å². The first-order valence-electron chi connectivity index (χ1n) is 10.00. The van der Waals surface area contributed by atoms with E-state index < -0.39 is 47.7 Å². The summed E-state index contributed by atoms with van der Waals surface area (Å²) in [6.45, 7) is 8.72. The SMILES string of the molecule is C=C[C@@H]1O[C@H](C=Cc2ccccc2)[C@@H](C(=O)OCCNC(=O)OC(C)(C)C)[C@H]1C(=O)O. The topological polar surface area (TPSA) is 111 Å². The predicted molar refractivity (Wildman–Crippen MR) is 114 cm³/mol. The highest BCUT2D eigenvalue weighted by atomic mass is 16.6. The summed E-state index contributed by atoms with van der Waals surface area (Å²) < 4.78 is 16.1. The van der Waals surface area contributed by atoms with Crippen molar-refractivity contribution in [1.82, 2.24) is 5.32 Å². The number of ether oxygens (including phenoxy) is 3. The van der Waals surface area contributed by atoms with Gasteiger partial charge < -0.3 is 24.6 Å². The monoisotopic (exact) mass is 431 g/mol. The van der Waals surface area contributed by atoms with E-state index in [1.165, 1.54) is 6.08 Å². The standard InChI is InChI=1S/C23H29NO7/c1-5-16-18(20(25)26)19(17(30-16)12-11-15-9-7-6-8-10-15)21(27)29-14-13-24-22(28)31-23(2,3)4/h5-12,16-19H,1,13-14H2,2-4H3,(H,24,28)(H,25,26)/t16-,17+,18-,19+/m0/s1. The average Bonchev–Trinajstić information content (AvgIpc) is 3.08. The van der Waals surface area contributed by atoms with Crippen molar-refractivity contribution >= 4 is 24.1 Å². The van der Waals surface area contributed by atoms with Gasteiger partial charge in [0.05, 0.1) is 18.8 Å². The number of carbonyl (C=O) groups excluding carboxylic acids is 2. The maximum absolute atomic E-state index is 12.7. The lowest BCUT2D eigenvalue weighted by atomic mass is 9.86. The molecule has 168 valence electrons. The van der Waals surface area contributed by atoms with Crippen LogP contribution in [0.3, 0.4) is 0 Å². The van der Waals surface area contributed by atoms with Gasteiger partial charge in [-0.3, -0.25) is 9.59 Å². The van der Waals surface area contributed by atoms with Crippen LogP contribution in [0.15, 0.2) is 49.1 Å². The molecule has 8 heteroatoms. The molecule has 31 heavy (non-hydrogen) atoms. The lowest BCUT2D eigenvalue weighted by Gasteiger charge is -2.20. The number of hydrogen-bond donors (Lipinski definition) is 2. The van der Waals surface area contributed by atoms with Crippen LogP contribution in [-0.2, 0) is 23.8 Å². The van der Waals surface area contributed by atoms with E-state index in [4.69, 9.17) is 14.2 Å². The number of aliphatic carboxylic acids is 1. The van der Waals surface area contributed by atoms with Crippen LogP contribution < -0.4 is 5.32 Å². The summed E-state index contributed by atoms with van der Waals surface area (Å²) in [6, 6.07) is 9.36. The van der Waals surface area contributed by atoms with Crippen molar-refractivity contribution in [1.29, 1.82) is 0 Å². The molecule has 0 spiro atoms. The lowest BCUT2D eigenvalue weighted by Crippen LogP contribution is -2.37. The Labute approximate surface area is 181 Å². The van der Waals surface area contributed by atoms with Crippen LogP contribution in [0.1, 0.15) is 26.3 Å². The fraction of sp³-hybridized carbons (Fsp3) is 0.435. The number of rotatable bonds is 8. The first-order chi connectivity index (χ1) is 14.6. The Kier molecular flexibility index (Phi) is 8.38. The van der Waals surface area contributed by atoms with E-state index in [1.54, 1.807) is 32.9 Å². The second-order valence-corrected chi connectivity index (χ2v) is 8.06. The van der Waals surface area contributed by atoms with Gasteiger partial charge in [-0.25, -0.2) is 4.79 Å². The van der Waals surface area contributed by atoms with E-state index in [-0.39, 0.29) is 13.2 Å². The largest absolute Gasteiger partial charge is 0.481 e. The van der Waals surface area contributed by atoms with E-state index in [2.05, 4.69) is 11.9 Å². The van der Waals surface area contributed by atoms with E-state index >= 15 is 0 Å². The molecule has 1 aromatic rings. The van der Waals surface area contributed by atoms with Crippen LogP contribution in [0, 0.1) is 11.8 Å². The Morgan fingerprint density at radius 3 is 2.42 bits per heavy atom. The molecule has 1 amide bonds. The molecule has 0 saturated carbocycles. The van der Waals surface area contributed by atoms with Gasteiger partial charge in [0.1, 0.15) is 24.0 Å². The zero-order valence-corrected chi connectivity index (χ0v) is 17.9. The van der Waals surface area contributed by atoms with Crippen LogP contribution in [0.4, 0.5) is 4.79 Å². The van der Waals surface area contributed by atoms with Crippen LogP contribution in [0.5, 0.6) is 0 Å². The van der Waals surface area contributed by atoms with Crippen molar-refractivity contribution in [2.75, 3.05) is 13.2 Å². The maximum atomic E-state index is 12.7. The second kappa shape index (κ2) is 10.8. The van der Waals surface area contributed by atoms with Gasteiger partial charge in [0.25, 0.3) is 0 Å². The third-order valence-electron chi connectivity index (χ3n) is 4.49. The first-order valence-corrected chi connectivity index (χ1v) is 10.00. The van der Waals surface area contributed by atoms with Crippen molar-refractivity contribution in [3.63, 3.8) is 0 Å². The molecule has 1 aliphatic rings. The molecule has 0 radical (unpaired) electrons. The summed E-state index contributed by atoms with van der Waals surface area (Å²) in [5, 5.41) is 12.1. The number of carboxylic acids is 1. The number of amides is 1. The molecule has 0 unspecified atom stereocenters. The summed E-state index contributed by atoms with van der Waals surface area (Å²) >= 11 is 0. The Morgan fingerprint density at radius 2 is 1.84 bits per heavy atom. The van der Waals surface area contributed by atoms with Gasteiger partial charge >= 0.3 is 18.0 Å². The van der Waals surface area contributed by atoms with Gasteiger partial charge in [0, 0.05) is 0 Å². The Balaban J connectivity index is 2.03. The van der Waals surface area contributed by atoms with Gasteiger partial charge in [0.2, 0.25) is 0 Å². The van der Waals surface area contributed by atoms with Crippen molar-refractivity contribution in [3.05, 3.63) is 54.6 Å². The Morgan fingerprint density at radius 1 is 1.16 bits per heavy atom. The molecule has 0 aliphatic carbocycles. The molecule has 8 nitrogen and oxygen atoms in total. The van der Waals surface area contributed by atoms with Crippen molar-refractivity contribution in [2.24, 2.45) is 11.8 Å². The van der Waals surface area contributed by atoms with Gasteiger partial charge in [-0.1, -0.05) is 48.6 Å². The normalized spacial score (nSPS) is 23.3. The van der Waals surface area contributed by atoms with E-state index in [1.807, 2.05) is 30.3 Å². The molecule has 1 saturated heterocycles. The zero-order chi connectivity index (χ0) is 23.0. The highest BCUT2D eigenvalue weighted by Crippen LogP contribution is 2.36. The fourth-order valence-electron chi connectivity index (χ4n) is 3.19. The molecular weight excluding hydrogens is 402 g/mol. The summed E-state index contributed by atoms with van der Waals surface area (Å²) in [7, 11) is 0. The number of alkyl carbamates (subject to hydrolysis) is 1. The third-order valence-corrected chi connectivity index (χ3v) is 4.49. The minimum atomic E-state index is -1.17. The molecule has 4 atom stereocenters. The Bertz CT molecular complexity index is 813. The molecule has 1 fully saturated rings. The number of carbonyl (C=O) groups is 3. The Hall–Kier alpha value is -3.13.